The molecule has 0 bridgehead atoms. The van der Waals surface area contributed by atoms with Crippen LogP contribution in [0.1, 0.15) is 50.6 Å². The minimum Gasteiger partial charge on any atom is -0.497 e. The summed E-state index contributed by atoms with van der Waals surface area (Å²) in [5.74, 6) is 1.01. The fourth-order valence-corrected chi connectivity index (χ4v) is 3.54. The van der Waals surface area contributed by atoms with Crippen molar-refractivity contribution in [3.05, 3.63) is 77.0 Å². The summed E-state index contributed by atoms with van der Waals surface area (Å²) in [4.78, 5) is 29.0. The van der Waals surface area contributed by atoms with Crippen molar-refractivity contribution in [2.24, 2.45) is 5.10 Å². The molecule has 3 aromatic rings. The summed E-state index contributed by atoms with van der Waals surface area (Å²) in [6, 6.07) is 10.3. The fraction of sp³-hybridized carbons (Fsp3) is 0.217. The Morgan fingerprint density at radius 3 is 2.52 bits per heavy atom. The molecule has 0 unspecified atom stereocenters. The molecule has 1 aromatic carbocycles. The van der Waals surface area contributed by atoms with Crippen LogP contribution >= 0.6 is 0 Å². The van der Waals surface area contributed by atoms with Crippen LogP contribution in [0, 0.1) is 6.92 Å². The van der Waals surface area contributed by atoms with Gasteiger partial charge in [0.05, 0.1) is 12.8 Å². The summed E-state index contributed by atoms with van der Waals surface area (Å²) >= 11 is 0. The summed E-state index contributed by atoms with van der Waals surface area (Å²) in [5.41, 5.74) is 5.90. The van der Waals surface area contributed by atoms with Gasteiger partial charge in [-0.05, 0) is 56.2 Å². The number of amides is 2. The summed E-state index contributed by atoms with van der Waals surface area (Å²) < 4.78 is 11.0. The number of furan rings is 1. The second-order valence-electron chi connectivity index (χ2n) is 7.13. The molecule has 4 rings (SSSR count). The van der Waals surface area contributed by atoms with E-state index < -0.39 is 0 Å². The number of anilines is 1. The Morgan fingerprint density at radius 2 is 1.81 bits per heavy atom. The lowest BCUT2D eigenvalue weighted by Gasteiger charge is -2.13. The molecular formula is C23H22N4O4. The molecule has 0 saturated carbocycles. The predicted molar refractivity (Wildman–Crippen MR) is 116 cm³/mol. The van der Waals surface area contributed by atoms with E-state index >= 15 is 0 Å². The van der Waals surface area contributed by atoms with E-state index in [-0.39, 0.29) is 17.6 Å². The van der Waals surface area contributed by atoms with Crippen LogP contribution in [0.5, 0.6) is 5.75 Å². The first kappa shape index (κ1) is 20.3. The Hall–Kier alpha value is -3.94. The number of carbonyl (C=O) groups is 2. The largest absolute Gasteiger partial charge is 0.497 e. The van der Waals surface area contributed by atoms with Gasteiger partial charge in [0.1, 0.15) is 11.5 Å². The number of aryl methyl sites for hydroxylation is 1. The van der Waals surface area contributed by atoms with Crippen molar-refractivity contribution in [2.75, 3.05) is 12.4 Å². The number of methoxy groups -OCH3 is 1. The smallest absolute Gasteiger partial charge is 0.291 e. The van der Waals surface area contributed by atoms with Crippen LogP contribution in [0.2, 0.25) is 0 Å². The first-order chi connectivity index (χ1) is 15.1. The Labute approximate surface area is 179 Å². The number of fused-ring (bicyclic) bond motifs is 1. The molecule has 1 aliphatic carbocycles. The van der Waals surface area contributed by atoms with Crippen LogP contribution in [0.3, 0.4) is 0 Å². The Morgan fingerprint density at radius 1 is 1.06 bits per heavy atom. The summed E-state index contributed by atoms with van der Waals surface area (Å²) in [5, 5.41) is 7.17. The number of nitrogens with zero attached hydrogens (tertiary/aromatic N) is 2. The maximum Gasteiger partial charge on any atom is 0.291 e. The molecule has 2 aromatic heterocycles. The number of benzene rings is 1. The molecule has 31 heavy (non-hydrogen) atoms. The molecule has 2 heterocycles. The van der Waals surface area contributed by atoms with Gasteiger partial charge in [-0.25, -0.2) is 5.43 Å². The molecule has 158 valence electrons. The zero-order chi connectivity index (χ0) is 21.8. The van der Waals surface area contributed by atoms with Crippen LogP contribution in [-0.4, -0.2) is 29.6 Å². The predicted octanol–water partition coefficient (Wildman–Crippen LogP) is 3.71. The second kappa shape index (κ2) is 8.83. The maximum absolute atomic E-state index is 12.8. The SMILES string of the molecule is COc1ccc(NC(=O)c2oc3c(c2C)/C(=N/NC(=O)c2ccncc2)CCC3)cc1. The fourth-order valence-electron chi connectivity index (χ4n) is 3.54. The molecule has 1 aliphatic rings. The summed E-state index contributed by atoms with van der Waals surface area (Å²) in [6.07, 6.45) is 5.32. The number of rotatable bonds is 5. The van der Waals surface area contributed by atoms with Crippen LogP contribution in [0.15, 0.2) is 58.3 Å². The highest BCUT2D eigenvalue weighted by Crippen LogP contribution is 2.30. The highest BCUT2D eigenvalue weighted by atomic mass is 16.5. The van der Waals surface area contributed by atoms with Gasteiger partial charge in [0.15, 0.2) is 5.76 Å². The zero-order valence-electron chi connectivity index (χ0n) is 17.3. The molecule has 0 spiro atoms. The van der Waals surface area contributed by atoms with Crippen LogP contribution in [0.25, 0.3) is 0 Å². The van der Waals surface area contributed by atoms with E-state index in [0.717, 1.165) is 12.0 Å². The quantitative estimate of drug-likeness (QED) is 0.615. The number of ether oxygens (including phenoxy) is 1. The molecule has 0 saturated heterocycles. The van der Waals surface area contributed by atoms with Crippen molar-refractivity contribution in [3.63, 3.8) is 0 Å². The van der Waals surface area contributed by atoms with Crippen LogP contribution in [-0.2, 0) is 6.42 Å². The van der Waals surface area contributed by atoms with Crippen molar-refractivity contribution < 1.29 is 18.7 Å². The number of hydrogen-bond donors (Lipinski definition) is 2. The monoisotopic (exact) mass is 418 g/mol. The molecule has 0 radical (unpaired) electrons. The van der Waals surface area contributed by atoms with E-state index in [4.69, 9.17) is 9.15 Å². The molecule has 0 aliphatic heterocycles. The van der Waals surface area contributed by atoms with E-state index in [0.29, 0.717) is 46.9 Å². The lowest BCUT2D eigenvalue weighted by Crippen LogP contribution is -2.22. The van der Waals surface area contributed by atoms with E-state index in [9.17, 15) is 9.59 Å². The van der Waals surface area contributed by atoms with Gasteiger partial charge in [0.25, 0.3) is 11.8 Å². The van der Waals surface area contributed by atoms with Gasteiger partial charge in [-0.15, -0.1) is 0 Å². The molecule has 0 atom stereocenters. The van der Waals surface area contributed by atoms with Crippen molar-refractivity contribution in [1.82, 2.24) is 10.4 Å². The Kier molecular flexibility index (Phi) is 5.79. The standard InChI is InChI=1S/C23H22N4O4/c1-14-20-18(26-27-22(28)15-10-12-24-13-11-15)4-3-5-19(20)31-21(14)23(29)25-16-6-8-17(30-2)9-7-16/h6-13H,3-5H2,1-2H3,(H,25,29)(H,27,28)/b26-18+. The number of hydrogen-bond acceptors (Lipinski definition) is 6. The first-order valence-corrected chi connectivity index (χ1v) is 9.91. The average Bonchev–Trinajstić information content (AvgIpc) is 3.16. The van der Waals surface area contributed by atoms with Gasteiger partial charge < -0.3 is 14.5 Å². The first-order valence-electron chi connectivity index (χ1n) is 9.91. The van der Waals surface area contributed by atoms with Crippen LogP contribution < -0.4 is 15.5 Å². The van der Waals surface area contributed by atoms with E-state index in [2.05, 4.69) is 20.8 Å². The third-order valence-corrected chi connectivity index (χ3v) is 5.11. The van der Waals surface area contributed by atoms with E-state index in [1.807, 2.05) is 6.92 Å². The molecule has 2 amide bonds. The van der Waals surface area contributed by atoms with Gasteiger partial charge in [-0.3, -0.25) is 14.6 Å². The molecule has 2 N–H and O–H groups in total. The van der Waals surface area contributed by atoms with Crippen molar-refractivity contribution in [3.8, 4) is 5.75 Å². The second-order valence-corrected chi connectivity index (χ2v) is 7.13. The lowest BCUT2D eigenvalue weighted by molar-refractivity contribution is 0.0953. The molecule has 8 heteroatoms. The zero-order valence-corrected chi connectivity index (χ0v) is 17.3. The van der Waals surface area contributed by atoms with Gasteiger partial charge >= 0.3 is 0 Å². The van der Waals surface area contributed by atoms with Crippen molar-refractivity contribution in [2.45, 2.75) is 26.2 Å². The van der Waals surface area contributed by atoms with Crippen LogP contribution in [0.4, 0.5) is 5.69 Å². The minimum absolute atomic E-state index is 0.246. The number of nitrogens with one attached hydrogen (secondary N) is 2. The minimum atomic E-state index is -0.336. The summed E-state index contributed by atoms with van der Waals surface area (Å²) in [7, 11) is 1.59. The number of aromatic nitrogens is 1. The maximum atomic E-state index is 12.8. The van der Waals surface area contributed by atoms with Gasteiger partial charge in [0.2, 0.25) is 0 Å². The lowest BCUT2D eigenvalue weighted by atomic mass is 9.93. The van der Waals surface area contributed by atoms with Gasteiger partial charge in [-0.1, -0.05) is 0 Å². The topological polar surface area (TPSA) is 106 Å². The molecule has 0 fully saturated rings. The van der Waals surface area contributed by atoms with Gasteiger partial charge in [-0.2, -0.15) is 5.10 Å². The number of carbonyl (C=O) groups excluding carboxylic acids is 2. The summed E-state index contributed by atoms with van der Waals surface area (Å²) in [6.45, 7) is 1.83. The Balaban J connectivity index is 1.54. The van der Waals surface area contributed by atoms with E-state index in [1.165, 1.54) is 0 Å². The highest BCUT2D eigenvalue weighted by Gasteiger charge is 2.28. The third-order valence-electron chi connectivity index (χ3n) is 5.11. The highest BCUT2D eigenvalue weighted by molar-refractivity contribution is 6.09. The number of hydrazone groups is 1. The van der Waals surface area contributed by atoms with Gasteiger partial charge in [0, 0.05) is 41.2 Å². The third kappa shape index (κ3) is 4.32. The van der Waals surface area contributed by atoms with Crippen molar-refractivity contribution in [1.29, 1.82) is 0 Å². The average molecular weight is 418 g/mol. The molecular weight excluding hydrogens is 396 g/mol. The van der Waals surface area contributed by atoms with Crippen molar-refractivity contribution >= 4 is 23.2 Å². The Bertz CT molecular complexity index is 1130. The normalized spacial score (nSPS) is 14.1. The molecule has 8 nitrogen and oxygen atoms in total. The number of pyridine rings is 1. The van der Waals surface area contributed by atoms with E-state index in [1.54, 1.807) is 55.9 Å².